The first-order chi connectivity index (χ1) is 20.8. The SMILES string of the molecule is Cc1c(C(=O)Oc2ccccc2)c(OCc2ccccc2)cc(C(CCC2OCCCO2)N[S@@+]([O-])C(C)(C)C)c1C(F)(F)F. The van der Waals surface area contributed by atoms with Crippen LogP contribution in [0.25, 0.3) is 0 Å². The first-order valence-corrected chi connectivity index (χ1v) is 15.6. The van der Waals surface area contributed by atoms with Gasteiger partial charge >= 0.3 is 12.1 Å². The van der Waals surface area contributed by atoms with Gasteiger partial charge in [-0.2, -0.15) is 13.2 Å². The molecule has 1 fully saturated rings. The van der Waals surface area contributed by atoms with Crippen molar-refractivity contribution in [2.75, 3.05) is 13.2 Å². The van der Waals surface area contributed by atoms with Crippen molar-refractivity contribution in [3.63, 3.8) is 0 Å². The van der Waals surface area contributed by atoms with Crippen LogP contribution in [0.3, 0.4) is 0 Å². The lowest BCUT2D eigenvalue weighted by Gasteiger charge is -2.31. The average molecular weight is 634 g/mol. The second kappa shape index (κ2) is 14.8. The Morgan fingerprint density at radius 1 is 1.05 bits per heavy atom. The number of ether oxygens (including phenoxy) is 4. The molecule has 0 saturated carbocycles. The van der Waals surface area contributed by atoms with Crippen LogP contribution in [0.1, 0.15) is 78.7 Å². The third-order valence-electron chi connectivity index (χ3n) is 7.02. The molecular formula is C33H38F3NO6S. The monoisotopic (exact) mass is 633 g/mol. The number of para-hydroxylation sites is 1. The number of alkyl halides is 3. The fourth-order valence-corrected chi connectivity index (χ4v) is 5.66. The van der Waals surface area contributed by atoms with Crippen molar-refractivity contribution in [1.29, 1.82) is 0 Å². The summed E-state index contributed by atoms with van der Waals surface area (Å²) < 4.78 is 83.1. The third kappa shape index (κ3) is 8.98. The molecule has 7 nitrogen and oxygen atoms in total. The summed E-state index contributed by atoms with van der Waals surface area (Å²) in [6.45, 7) is 7.38. The highest BCUT2D eigenvalue weighted by Gasteiger charge is 2.42. The third-order valence-corrected chi connectivity index (χ3v) is 8.63. The Bertz CT molecular complexity index is 1380. The maximum atomic E-state index is 14.9. The van der Waals surface area contributed by atoms with Crippen molar-refractivity contribution in [3.8, 4) is 11.5 Å². The van der Waals surface area contributed by atoms with Crippen molar-refractivity contribution in [3.05, 3.63) is 94.5 Å². The maximum Gasteiger partial charge on any atom is 0.417 e. The zero-order chi connectivity index (χ0) is 31.9. The second-order valence-corrected chi connectivity index (χ2v) is 13.5. The first-order valence-electron chi connectivity index (χ1n) is 14.4. The van der Waals surface area contributed by atoms with Gasteiger partial charge in [-0.25, -0.2) is 4.79 Å². The van der Waals surface area contributed by atoms with Crippen LogP contribution >= 0.6 is 0 Å². The first kappa shape index (κ1) is 33.8. The summed E-state index contributed by atoms with van der Waals surface area (Å²) in [7, 11) is 0. The molecule has 1 unspecified atom stereocenters. The molecule has 1 saturated heterocycles. The van der Waals surface area contributed by atoms with Crippen molar-refractivity contribution in [2.24, 2.45) is 0 Å². The minimum absolute atomic E-state index is 0.00747. The van der Waals surface area contributed by atoms with Crippen LogP contribution in [0.5, 0.6) is 11.5 Å². The van der Waals surface area contributed by atoms with E-state index in [0.29, 0.717) is 13.2 Å². The smallest absolute Gasteiger partial charge is 0.417 e. The number of carbonyl (C=O) groups is 1. The van der Waals surface area contributed by atoms with Gasteiger partial charge in [0.2, 0.25) is 0 Å². The largest absolute Gasteiger partial charge is 0.598 e. The van der Waals surface area contributed by atoms with Crippen molar-refractivity contribution in [1.82, 2.24) is 4.72 Å². The zero-order valence-electron chi connectivity index (χ0n) is 25.2. The predicted molar refractivity (Wildman–Crippen MR) is 162 cm³/mol. The molecule has 0 radical (unpaired) electrons. The number of rotatable bonds is 11. The van der Waals surface area contributed by atoms with Gasteiger partial charge in [-0.3, -0.25) is 0 Å². The number of carbonyl (C=O) groups excluding carboxylic acids is 1. The Kier molecular flexibility index (Phi) is 11.4. The quantitative estimate of drug-likeness (QED) is 0.133. The molecule has 1 aliphatic heterocycles. The molecule has 3 aromatic carbocycles. The standard InChI is InChI=1S/C33H38F3NO6S/c1-22-29(31(38)43-24-14-9-6-10-15-24)27(42-21-23-12-7-5-8-13-23)20-25(30(22)33(34,35)36)26(37-44(39)32(2,3)4)16-17-28-40-18-11-19-41-28/h5-10,12-15,20,26,28,37H,11,16-19,21H2,1-4H3/t26?,44-/m0/s1. The number of hydrogen-bond acceptors (Lipinski definition) is 7. The highest BCUT2D eigenvalue weighted by molar-refractivity contribution is 7.90. The number of benzene rings is 3. The van der Waals surface area contributed by atoms with Gasteiger partial charge in [-0.05, 0) is 75.4 Å². The summed E-state index contributed by atoms with van der Waals surface area (Å²) in [4.78, 5) is 13.5. The highest BCUT2D eigenvalue weighted by atomic mass is 32.2. The normalized spacial score (nSPS) is 15.9. The Hall–Kier alpha value is -3.09. The van der Waals surface area contributed by atoms with Crippen LogP contribution < -0.4 is 14.2 Å². The summed E-state index contributed by atoms with van der Waals surface area (Å²) in [6.07, 6.45) is -4.36. The number of esters is 1. The van der Waals surface area contributed by atoms with Gasteiger partial charge in [-0.1, -0.05) is 48.5 Å². The van der Waals surface area contributed by atoms with Gasteiger partial charge in [-0.15, -0.1) is 4.72 Å². The minimum atomic E-state index is -4.86. The zero-order valence-corrected chi connectivity index (χ0v) is 26.1. The molecule has 0 spiro atoms. The van der Waals surface area contributed by atoms with E-state index in [1.165, 1.54) is 25.1 Å². The van der Waals surface area contributed by atoms with Crippen LogP contribution in [0, 0.1) is 6.92 Å². The maximum absolute atomic E-state index is 14.9. The molecule has 2 atom stereocenters. The van der Waals surface area contributed by atoms with Gasteiger partial charge in [0.25, 0.3) is 0 Å². The van der Waals surface area contributed by atoms with E-state index in [2.05, 4.69) is 4.72 Å². The Labute approximate surface area is 259 Å². The lowest BCUT2D eigenvalue weighted by atomic mass is 9.90. The summed E-state index contributed by atoms with van der Waals surface area (Å²) in [5.41, 5.74) is -1.14. The molecule has 0 aromatic heterocycles. The molecule has 0 amide bonds. The van der Waals surface area contributed by atoms with E-state index in [4.69, 9.17) is 18.9 Å². The molecule has 3 aromatic rings. The predicted octanol–water partition coefficient (Wildman–Crippen LogP) is 7.45. The second-order valence-electron chi connectivity index (χ2n) is 11.5. The fourth-order valence-electron chi connectivity index (χ4n) is 4.80. The van der Waals surface area contributed by atoms with E-state index in [0.717, 1.165) is 12.0 Å². The summed E-state index contributed by atoms with van der Waals surface area (Å²) in [5.74, 6) is -0.884. The molecule has 44 heavy (non-hydrogen) atoms. The van der Waals surface area contributed by atoms with Gasteiger partial charge in [0.15, 0.2) is 6.29 Å². The highest BCUT2D eigenvalue weighted by Crippen LogP contribution is 2.44. The molecule has 238 valence electrons. The number of halogens is 3. The van der Waals surface area contributed by atoms with E-state index < -0.39 is 46.1 Å². The Morgan fingerprint density at radius 3 is 2.25 bits per heavy atom. The van der Waals surface area contributed by atoms with Gasteiger partial charge in [0.1, 0.15) is 28.4 Å². The van der Waals surface area contributed by atoms with E-state index in [1.807, 2.05) is 18.2 Å². The van der Waals surface area contributed by atoms with Crippen LogP contribution in [0.4, 0.5) is 13.2 Å². The molecule has 0 aliphatic carbocycles. The van der Waals surface area contributed by atoms with E-state index in [-0.39, 0.29) is 47.6 Å². The lowest BCUT2D eigenvalue weighted by Crippen LogP contribution is -2.42. The van der Waals surface area contributed by atoms with Crippen molar-refractivity contribution < 1.29 is 41.5 Å². The Balaban J connectivity index is 1.83. The molecular weight excluding hydrogens is 595 g/mol. The van der Waals surface area contributed by atoms with Gasteiger partial charge < -0.3 is 23.5 Å². The van der Waals surface area contributed by atoms with E-state index in [9.17, 15) is 22.5 Å². The molecule has 4 rings (SSSR count). The fraction of sp³-hybridized carbons (Fsp3) is 0.424. The van der Waals surface area contributed by atoms with Gasteiger partial charge in [0, 0.05) is 17.8 Å². The van der Waals surface area contributed by atoms with E-state index in [1.54, 1.807) is 51.1 Å². The van der Waals surface area contributed by atoms with Crippen LogP contribution in [-0.4, -0.2) is 34.8 Å². The van der Waals surface area contributed by atoms with Gasteiger partial charge in [0.05, 0.1) is 24.8 Å². The van der Waals surface area contributed by atoms with Crippen LogP contribution in [0.2, 0.25) is 0 Å². The minimum Gasteiger partial charge on any atom is -0.598 e. The summed E-state index contributed by atoms with van der Waals surface area (Å²) in [6, 6.07) is 17.3. The molecule has 0 bridgehead atoms. The Morgan fingerprint density at radius 2 is 1.66 bits per heavy atom. The summed E-state index contributed by atoms with van der Waals surface area (Å²) >= 11 is -1.73. The van der Waals surface area contributed by atoms with Crippen molar-refractivity contribution in [2.45, 2.75) is 76.8 Å². The molecule has 1 aliphatic rings. The van der Waals surface area contributed by atoms with Crippen LogP contribution in [0.15, 0.2) is 66.7 Å². The average Bonchev–Trinajstić information content (AvgIpc) is 2.98. The molecule has 11 heteroatoms. The molecule has 1 N–H and O–H groups in total. The number of hydrogen-bond donors (Lipinski definition) is 1. The van der Waals surface area contributed by atoms with Crippen molar-refractivity contribution >= 4 is 17.3 Å². The van der Waals surface area contributed by atoms with E-state index >= 15 is 0 Å². The number of nitrogens with one attached hydrogen (secondary N) is 1. The summed E-state index contributed by atoms with van der Waals surface area (Å²) in [5, 5.41) is 0. The molecule has 1 heterocycles. The van der Waals surface area contributed by atoms with Crippen LogP contribution in [-0.2, 0) is 33.6 Å². The lowest BCUT2D eigenvalue weighted by molar-refractivity contribution is -0.182. The topological polar surface area (TPSA) is 89.1 Å².